The lowest BCUT2D eigenvalue weighted by Gasteiger charge is -2.17. The first kappa shape index (κ1) is 14.2. The highest BCUT2D eigenvalue weighted by Crippen LogP contribution is 2.13. The molecule has 0 bridgehead atoms. The van der Waals surface area contributed by atoms with E-state index in [1.54, 1.807) is 13.0 Å². The van der Waals surface area contributed by atoms with E-state index in [0.717, 1.165) is 30.5 Å². The topological polar surface area (TPSA) is 12.0 Å². The molecule has 1 aromatic rings. The summed E-state index contributed by atoms with van der Waals surface area (Å²) in [5.74, 6) is -0.0852. The highest BCUT2D eigenvalue weighted by Gasteiger charge is 2.07. The minimum Gasteiger partial charge on any atom is -0.314 e. The van der Waals surface area contributed by atoms with Crippen LogP contribution in [0.5, 0.6) is 0 Å². The fraction of sp³-hybridized carbons (Fsp3) is 0.600. The van der Waals surface area contributed by atoms with Gasteiger partial charge in [-0.15, -0.1) is 0 Å². The highest BCUT2D eigenvalue weighted by atomic mass is 19.1. The fourth-order valence-corrected chi connectivity index (χ4v) is 2.12. The Bertz CT molecular complexity index is 330. The predicted octanol–water partition coefficient (Wildman–Crippen LogP) is 3.84. The van der Waals surface area contributed by atoms with Crippen molar-refractivity contribution >= 4 is 0 Å². The van der Waals surface area contributed by atoms with Gasteiger partial charge in [0.2, 0.25) is 0 Å². The Balaban J connectivity index is 2.49. The van der Waals surface area contributed by atoms with Crippen molar-refractivity contribution < 1.29 is 4.39 Å². The fourth-order valence-electron chi connectivity index (χ4n) is 2.12. The monoisotopic (exact) mass is 237 g/mol. The molecule has 1 nitrogen and oxygen atoms in total. The SMILES string of the molecule is CCCC(CCc1ccc(C)c(F)c1)NCC. The van der Waals surface area contributed by atoms with E-state index in [9.17, 15) is 4.39 Å². The van der Waals surface area contributed by atoms with Crippen LogP contribution in [0.25, 0.3) is 0 Å². The third-order valence-corrected chi connectivity index (χ3v) is 3.15. The van der Waals surface area contributed by atoms with Crippen LogP contribution in [0.1, 0.15) is 44.2 Å². The van der Waals surface area contributed by atoms with Crippen molar-refractivity contribution in [1.29, 1.82) is 0 Å². The van der Waals surface area contributed by atoms with E-state index in [1.165, 1.54) is 12.8 Å². The molecule has 1 aromatic carbocycles. The van der Waals surface area contributed by atoms with Gasteiger partial charge in [-0.3, -0.25) is 0 Å². The summed E-state index contributed by atoms with van der Waals surface area (Å²) in [6.07, 6.45) is 4.43. The summed E-state index contributed by atoms with van der Waals surface area (Å²) in [7, 11) is 0. The molecule has 0 radical (unpaired) electrons. The Kier molecular flexibility index (Phi) is 6.20. The molecule has 0 aliphatic carbocycles. The van der Waals surface area contributed by atoms with Crippen LogP contribution in [0.15, 0.2) is 18.2 Å². The van der Waals surface area contributed by atoms with Gasteiger partial charge >= 0.3 is 0 Å². The van der Waals surface area contributed by atoms with E-state index >= 15 is 0 Å². The van der Waals surface area contributed by atoms with Crippen LogP contribution in [0.2, 0.25) is 0 Å². The standard InChI is InChI=1S/C15H24FN/c1-4-6-14(17-5-2)10-9-13-8-7-12(3)15(16)11-13/h7-8,11,14,17H,4-6,9-10H2,1-3H3. The lowest BCUT2D eigenvalue weighted by atomic mass is 10.0. The summed E-state index contributed by atoms with van der Waals surface area (Å²) in [4.78, 5) is 0. The highest BCUT2D eigenvalue weighted by molar-refractivity contribution is 5.23. The lowest BCUT2D eigenvalue weighted by Crippen LogP contribution is -2.29. The molecule has 0 saturated carbocycles. The number of rotatable bonds is 7. The molecule has 0 amide bonds. The van der Waals surface area contributed by atoms with E-state index in [4.69, 9.17) is 0 Å². The van der Waals surface area contributed by atoms with Crippen molar-refractivity contribution in [3.63, 3.8) is 0 Å². The van der Waals surface area contributed by atoms with Gasteiger partial charge in [0.1, 0.15) is 5.82 Å². The first-order valence-electron chi connectivity index (χ1n) is 6.65. The molecular weight excluding hydrogens is 213 g/mol. The first-order valence-corrected chi connectivity index (χ1v) is 6.65. The van der Waals surface area contributed by atoms with Crippen molar-refractivity contribution in [2.75, 3.05) is 6.54 Å². The molecule has 2 heteroatoms. The summed E-state index contributed by atoms with van der Waals surface area (Å²) >= 11 is 0. The predicted molar refractivity (Wildman–Crippen MR) is 71.8 cm³/mol. The van der Waals surface area contributed by atoms with E-state index in [2.05, 4.69) is 19.2 Å². The number of benzene rings is 1. The third kappa shape index (κ3) is 4.86. The molecule has 1 unspecified atom stereocenters. The Morgan fingerprint density at radius 3 is 2.59 bits per heavy atom. The Hall–Kier alpha value is -0.890. The Labute approximate surface area is 104 Å². The first-order chi connectivity index (χ1) is 8.17. The molecule has 17 heavy (non-hydrogen) atoms. The van der Waals surface area contributed by atoms with Crippen LogP contribution in [0.3, 0.4) is 0 Å². The summed E-state index contributed by atoms with van der Waals surface area (Å²) in [6, 6.07) is 6.14. The normalized spacial score (nSPS) is 12.7. The number of hydrogen-bond donors (Lipinski definition) is 1. The maximum absolute atomic E-state index is 13.4. The van der Waals surface area contributed by atoms with Gasteiger partial charge in [0.15, 0.2) is 0 Å². The largest absolute Gasteiger partial charge is 0.314 e. The van der Waals surface area contributed by atoms with Crippen LogP contribution in [-0.4, -0.2) is 12.6 Å². The Morgan fingerprint density at radius 1 is 1.24 bits per heavy atom. The van der Waals surface area contributed by atoms with Gasteiger partial charge in [-0.05, 0) is 49.9 Å². The van der Waals surface area contributed by atoms with Crippen molar-refractivity contribution in [1.82, 2.24) is 5.32 Å². The molecule has 96 valence electrons. The average Bonchev–Trinajstić information content (AvgIpc) is 2.31. The quantitative estimate of drug-likeness (QED) is 0.759. The van der Waals surface area contributed by atoms with Gasteiger partial charge in [0.25, 0.3) is 0 Å². The van der Waals surface area contributed by atoms with E-state index in [1.807, 2.05) is 12.1 Å². The number of hydrogen-bond acceptors (Lipinski definition) is 1. The zero-order valence-electron chi connectivity index (χ0n) is 11.2. The van der Waals surface area contributed by atoms with Gasteiger partial charge < -0.3 is 5.32 Å². The molecule has 0 fully saturated rings. The minimum atomic E-state index is -0.0852. The van der Waals surface area contributed by atoms with E-state index in [-0.39, 0.29) is 5.82 Å². The molecule has 0 aromatic heterocycles. The maximum Gasteiger partial charge on any atom is 0.126 e. The van der Waals surface area contributed by atoms with Crippen LogP contribution in [0.4, 0.5) is 4.39 Å². The van der Waals surface area contributed by atoms with Gasteiger partial charge in [-0.25, -0.2) is 4.39 Å². The van der Waals surface area contributed by atoms with Gasteiger partial charge in [-0.2, -0.15) is 0 Å². The zero-order valence-corrected chi connectivity index (χ0v) is 11.2. The lowest BCUT2D eigenvalue weighted by molar-refractivity contribution is 0.459. The van der Waals surface area contributed by atoms with Crippen LogP contribution < -0.4 is 5.32 Å². The summed E-state index contributed by atoms with van der Waals surface area (Å²) in [5, 5.41) is 3.49. The smallest absolute Gasteiger partial charge is 0.126 e. The minimum absolute atomic E-state index is 0.0852. The second-order valence-corrected chi connectivity index (χ2v) is 4.67. The van der Waals surface area contributed by atoms with Crippen LogP contribution in [0, 0.1) is 12.7 Å². The summed E-state index contributed by atoms with van der Waals surface area (Å²) in [6.45, 7) is 7.15. The zero-order chi connectivity index (χ0) is 12.7. The van der Waals surface area contributed by atoms with Crippen molar-refractivity contribution in [3.8, 4) is 0 Å². The molecule has 1 atom stereocenters. The molecular formula is C15H24FN. The van der Waals surface area contributed by atoms with Gasteiger partial charge in [0, 0.05) is 6.04 Å². The van der Waals surface area contributed by atoms with Crippen molar-refractivity contribution in [3.05, 3.63) is 35.1 Å². The molecule has 0 saturated heterocycles. The van der Waals surface area contributed by atoms with E-state index < -0.39 is 0 Å². The number of aryl methyl sites for hydroxylation is 2. The molecule has 1 N–H and O–H groups in total. The third-order valence-electron chi connectivity index (χ3n) is 3.15. The molecule has 0 heterocycles. The van der Waals surface area contributed by atoms with Crippen LogP contribution >= 0.6 is 0 Å². The molecule has 0 aliphatic rings. The summed E-state index contributed by atoms with van der Waals surface area (Å²) < 4.78 is 13.4. The van der Waals surface area contributed by atoms with E-state index in [0.29, 0.717) is 6.04 Å². The second-order valence-electron chi connectivity index (χ2n) is 4.67. The number of halogens is 1. The van der Waals surface area contributed by atoms with Crippen molar-refractivity contribution in [2.45, 2.75) is 52.5 Å². The van der Waals surface area contributed by atoms with Crippen molar-refractivity contribution in [2.24, 2.45) is 0 Å². The van der Waals surface area contributed by atoms with Gasteiger partial charge in [0.05, 0.1) is 0 Å². The van der Waals surface area contributed by atoms with Crippen LogP contribution in [-0.2, 0) is 6.42 Å². The molecule has 0 spiro atoms. The molecule has 0 aliphatic heterocycles. The average molecular weight is 237 g/mol. The molecule has 1 rings (SSSR count). The van der Waals surface area contributed by atoms with Gasteiger partial charge in [-0.1, -0.05) is 32.4 Å². The second kappa shape index (κ2) is 7.44. The maximum atomic E-state index is 13.4. The summed E-state index contributed by atoms with van der Waals surface area (Å²) in [5.41, 5.74) is 1.83. The number of nitrogens with one attached hydrogen (secondary N) is 1. The Morgan fingerprint density at radius 2 is 2.00 bits per heavy atom.